The van der Waals surface area contributed by atoms with Crippen LogP contribution < -0.4 is 10.6 Å². The predicted octanol–water partition coefficient (Wildman–Crippen LogP) is 5.11. The summed E-state index contributed by atoms with van der Waals surface area (Å²) in [6.07, 6.45) is -1.36. The Labute approximate surface area is 196 Å². The predicted molar refractivity (Wildman–Crippen MR) is 131 cm³/mol. The Kier molecular flexibility index (Phi) is 6.91. The van der Waals surface area contributed by atoms with Crippen molar-refractivity contribution in [3.8, 4) is 0 Å². The molecule has 1 atom stereocenters. The molecule has 0 aliphatic carbocycles. The first-order valence-electron chi connectivity index (χ1n) is 10.7. The van der Waals surface area contributed by atoms with Crippen LogP contribution in [0.4, 0.5) is 11.4 Å². The molecule has 0 aromatic heterocycles. The van der Waals surface area contributed by atoms with Gasteiger partial charge in [0, 0.05) is 16.8 Å². The number of nitrogens with one attached hydrogen (secondary N) is 2. The number of aliphatic hydroxyl groups excluding tert-OH is 1. The highest BCUT2D eigenvalue weighted by atomic mass is 16.3. The van der Waals surface area contributed by atoms with Crippen LogP contribution in [0.3, 0.4) is 0 Å². The van der Waals surface area contributed by atoms with Crippen molar-refractivity contribution in [2.75, 3.05) is 10.6 Å². The lowest BCUT2D eigenvalue weighted by molar-refractivity contribution is 0.0747. The molecule has 6 nitrogen and oxygen atoms in total. The Morgan fingerprint density at radius 3 is 1.94 bits per heavy atom. The number of carbonyl (C=O) groups excluding carboxylic acids is 3. The molecular weight excluding hydrogens is 428 g/mol. The van der Waals surface area contributed by atoms with E-state index in [0.717, 1.165) is 0 Å². The molecule has 0 aliphatic rings. The van der Waals surface area contributed by atoms with Gasteiger partial charge in [0.1, 0.15) is 6.10 Å². The van der Waals surface area contributed by atoms with Crippen molar-refractivity contribution >= 4 is 29.0 Å². The molecule has 34 heavy (non-hydrogen) atoms. The first-order chi connectivity index (χ1) is 16.5. The maximum Gasteiger partial charge on any atom is 0.257 e. The van der Waals surface area contributed by atoms with Gasteiger partial charge in [0.25, 0.3) is 11.8 Å². The number of hydrogen-bond acceptors (Lipinski definition) is 4. The van der Waals surface area contributed by atoms with Crippen molar-refractivity contribution in [3.05, 3.63) is 131 Å². The van der Waals surface area contributed by atoms with Crippen molar-refractivity contribution in [1.29, 1.82) is 0 Å². The van der Waals surface area contributed by atoms with E-state index in [1.807, 2.05) is 6.07 Å². The van der Waals surface area contributed by atoms with Gasteiger partial charge < -0.3 is 15.7 Å². The normalized spacial score (nSPS) is 11.3. The zero-order valence-electron chi connectivity index (χ0n) is 18.1. The van der Waals surface area contributed by atoms with Gasteiger partial charge in [-0.1, -0.05) is 72.8 Å². The van der Waals surface area contributed by atoms with Crippen LogP contribution in [0.2, 0.25) is 0 Å². The van der Waals surface area contributed by atoms with E-state index in [4.69, 9.17) is 0 Å². The summed E-state index contributed by atoms with van der Waals surface area (Å²) in [7, 11) is 0. The summed E-state index contributed by atoms with van der Waals surface area (Å²) in [6, 6.07) is 30.4. The number of Topliss-reactive ketones (excluding diaryl/α,β-unsaturated/α-hetero) is 1. The standard InChI is InChI=1S/C28H22N2O4/c31-25(19-10-3-1-4-11-19)26(32)21-14-9-15-22(18-21)29-28(34)23-16-7-8-17-24(23)30-27(33)20-12-5-2-6-13-20/h1-18,26,32H,(H,29,34)(H,30,33). The first-order valence-corrected chi connectivity index (χ1v) is 10.7. The van der Waals surface area contributed by atoms with E-state index in [2.05, 4.69) is 10.6 Å². The molecule has 4 rings (SSSR count). The van der Waals surface area contributed by atoms with Crippen LogP contribution in [-0.2, 0) is 0 Å². The van der Waals surface area contributed by atoms with E-state index in [-0.39, 0.29) is 11.5 Å². The number of amides is 2. The second-order valence-electron chi connectivity index (χ2n) is 7.58. The highest BCUT2D eigenvalue weighted by Gasteiger charge is 2.20. The van der Waals surface area contributed by atoms with Gasteiger partial charge in [-0.25, -0.2) is 0 Å². The van der Waals surface area contributed by atoms with Crippen LogP contribution in [0, 0.1) is 0 Å². The van der Waals surface area contributed by atoms with Gasteiger partial charge in [-0.05, 0) is 42.0 Å². The minimum atomic E-state index is -1.36. The van der Waals surface area contributed by atoms with Crippen LogP contribution in [0.5, 0.6) is 0 Å². The van der Waals surface area contributed by atoms with Crippen LogP contribution in [-0.4, -0.2) is 22.7 Å². The monoisotopic (exact) mass is 450 g/mol. The Balaban J connectivity index is 1.51. The van der Waals surface area contributed by atoms with E-state index < -0.39 is 17.8 Å². The molecule has 0 heterocycles. The zero-order valence-corrected chi connectivity index (χ0v) is 18.1. The molecule has 0 aliphatic heterocycles. The van der Waals surface area contributed by atoms with Crippen molar-refractivity contribution < 1.29 is 19.5 Å². The second-order valence-corrected chi connectivity index (χ2v) is 7.58. The van der Waals surface area contributed by atoms with Gasteiger partial charge in [0.15, 0.2) is 5.78 Å². The fourth-order valence-electron chi connectivity index (χ4n) is 3.47. The SMILES string of the molecule is O=C(Nc1ccccc1C(=O)Nc1cccc(C(O)C(=O)c2ccccc2)c1)c1ccccc1. The van der Waals surface area contributed by atoms with Crippen molar-refractivity contribution in [2.45, 2.75) is 6.10 Å². The van der Waals surface area contributed by atoms with Crippen LogP contribution in [0.1, 0.15) is 42.7 Å². The van der Waals surface area contributed by atoms with Crippen molar-refractivity contribution in [1.82, 2.24) is 0 Å². The Hall–Kier alpha value is -4.55. The molecule has 168 valence electrons. The molecule has 4 aromatic carbocycles. The number of benzene rings is 4. The van der Waals surface area contributed by atoms with Crippen LogP contribution in [0.15, 0.2) is 109 Å². The summed E-state index contributed by atoms with van der Waals surface area (Å²) in [4.78, 5) is 38.1. The summed E-state index contributed by atoms with van der Waals surface area (Å²) < 4.78 is 0. The molecule has 0 saturated carbocycles. The van der Waals surface area contributed by atoms with E-state index in [1.54, 1.807) is 103 Å². The van der Waals surface area contributed by atoms with Gasteiger partial charge >= 0.3 is 0 Å². The minimum Gasteiger partial charge on any atom is -0.380 e. The molecule has 0 bridgehead atoms. The maximum atomic E-state index is 13.0. The fraction of sp³-hybridized carbons (Fsp3) is 0.0357. The van der Waals surface area contributed by atoms with E-state index in [1.165, 1.54) is 0 Å². The fourth-order valence-corrected chi connectivity index (χ4v) is 3.47. The summed E-state index contributed by atoms with van der Waals surface area (Å²) >= 11 is 0. The third-order valence-electron chi connectivity index (χ3n) is 5.22. The second kappa shape index (κ2) is 10.4. The Morgan fingerprint density at radius 1 is 0.618 bits per heavy atom. The topological polar surface area (TPSA) is 95.5 Å². The van der Waals surface area contributed by atoms with Crippen LogP contribution >= 0.6 is 0 Å². The molecule has 0 spiro atoms. The van der Waals surface area contributed by atoms with E-state index >= 15 is 0 Å². The quantitative estimate of drug-likeness (QED) is 0.341. The third-order valence-corrected chi connectivity index (χ3v) is 5.22. The lowest BCUT2D eigenvalue weighted by Crippen LogP contribution is -2.18. The summed E-state index contributed by atoms with van der Waals surface area (Å²) in [6.45, 7) is 0. The van der Waals surface area contributed by atoms with Gasteiger partial charge in [0.2, 0.25) is 0 Å². The number of para-hydroxylation sites is 1. The van der Waals surface area contributed by atoms with E-state index in [9.17, 15) is 19.5 Å². The number of hydrogen-bond donors (Lipinski definition) is 3. The third kappa shape index (κ3) is 5.26. The average molecular weight is 450 g/mol. The van der Waals surface area contributed by atoms with E-state index in [0.29, 0.717) is 28.1 Å². The molecule has 2 amide bonds. The molecule has 6 heteroatoms. The Morgan fingerprint density at radius 2 is 1.24 bits per heavy atom. The molecule has 0 saturated heterocycles. The smallest absolute Gasteiger partial charge is 0.257 e. The lowest BCUT2D eigenvalue weighted by atomic mass is 9.99. The maximum absolute atomic E-state index is 13.0. The molecule has 0 radical (unpaired) electrons. The lowest BCUT2D eigenvalue weighted by Gasteiger charge is -2.14. The van der Waals surface area contributed by atoms with Crippen molar-refractivity contribution in [2.24, 2.45) is 0 Å². The minimum absolute atomic E-state index is 0.276. The molecule has 1 unspecified atom stereocenters. The van der Waals surface area contributed by atoms with Gasteiger partial charge in [-0.3, -0.25) is 14.4 Å². The van der Waals surface area contributed by atoms with Crippen molar-refractivity contribution in [3.63, 3.8) is 0 Å². The molecule has 4 aromatic rings. The zero-order chi connectivity index (χ0) is 23.9. The number of rotatable bonds is 7. The summed E-state index contributed by atoms with van der Waals surface area (Å²) in [5, 5.41) is 16.1. The highest BCUT2D eigenvalue weighted by molar-refractivity contribution is 6.12. The van der Waals surface area contributed by atoms with Crippen LogP contribution in [0.25, 0.3) is 0 Å². The largest absolute Gasteiger partial charge is 0.380 e. The number of carbonyl (C=O) groups is 3. The summed E-state index contributed by atoms with van der Waals surface area (Å²) in [5.74, 6) is -1.20. The first kappa shape index (κ1) is 22.6. The summed E-state index contributed by atoms with van der Waals surface area (Å²) in [5.41, 5.74) is 2.28. The average Bonchev–Trinajstić information content (AvgIpc) is 2.89. The van der Waals surface area contributed by atoms with Gasteiger partial charge in [-0.2, -0.15) is 0 Å². The van der Waals surface area contributed by atoms with Gasteiger partial charge in [-0.15, -0.1) is 0 Å². The Bertz CT molecular complexity index is 1320. The number of ketones is 1. The molecular formula is C28H22N2O4. The number of anilines is 2. The van der Waals surface area contributed by atoms with Gasteiger partial charge in [0.05, 0.1) is 11.3 Å². The molecule has 0 fully saturated rings. The number of aliphatic hydroxyl groups is 1. The molecule has 3 N–H and O–H groups in total. The highest BCUT2D eigenvalue weighted by Crippen LogP contribution is 2.23.